The normalized spacial score (nSPS) is 10.1. The number of rotatable bonds is 2. The van der Waals surface area contributed by atoms with Crippen LogP contribution in [-0.2, 0) is 4.74 Å². The first-order valence-corrected chi connectivity index (χ1v) is 7.97. The molecule has 7 heteroatoms. The van der Waals surface area contributed by atoms with Crippen molar-refractivity contribution in [3.63, 3.8) is 0 Å². The van der Waals surface area contributed by atoms with Crippen LogP contribution in [0, 0.1) is 11.2 Å². The van der Waals surface area contributed by atoms with Gasteiger partial charge in [0, 0.05) is 15.9 Å². The quantitative estimate of drug-likeness (QED) is 0.439. The van der Waals surface area contributed by atoms with Gasteiger partial charge in [0.05, 0.1) is 11.3 Å². The summed E-state index contributed by atoms with van der Waals surface area (Å²) in [7, 11) is 0. The maximum Gasteiger partial charge on any atom is 0.411 e. The van der Waals surface area contributed by atoms with Crippen molar-refractivity contribution < 1.29 is 13.9 Å². The van der Waals surface area contributed by atoms with Gasteiger partial charge >= 0.3 is 6.09 Å². The number of aromatic amines is 1. The lowest BCUT2D eigenvalue weighted by Crippen LogP contribution is -2.18. The molecule has 2 aromatic carbocycles. The molecule has 0 aliphatic heterocycles. The maximum atomic E-state index is 13.1. The highest BCUT2D eigenvalue weighted by Crippen LogP contribution is 2.32. The Balaban J connectivity index is 0.00000109. The molecule has 130 valence electrons. The van der Waals surface area contributed by atoms with E-state index < -0.39 is 12.0 Å². The van der Waals surface area contributed by atoms with E-state index in [0.29, 0.717) is 32.7 Å². The highest BCUT2D eigenvalue weighted by atomic mass is 35.5. The topological polar surface area (TPSA) is 92.0 Å². The Hall–Kier alpha value is -2.86. The maximum absolute atomic E-state index is 13.1. The fourth-order valence-corrected chi connectivity index (χ4v) is 2.56. The Labute approximate surface area is 149 Å². The van der Waals surface area contributed by atoms with Gasteiger partial charge in [-0.1, -0.05) is 25.4 Å². The van der Waals surface area contributed by atoms with Crippen LogP contribution in [0.3, 0.4) is 0 Å². The fourth-order valence-electron chi connectivity index (χ4n) is 2.38. The average molecular weight is 362 g/mol. The van der Waals surface area contributed by atoms with E-state index in [0.717, 1.165) is 0 Å². The summed E-state index contributed by atoms with van der Waals surface area (Å²) in [5, 5.41) is 9.07. The summed E-state index contributed by atoms with van der Waals surface area (Å²) in [4.78, 5) is 14.1. The summed E-state index contributed by atoms with van der Waals surface area (Å²) in [6, 6.07) is 10.8. The van der Waals surface area contributed by atoms with Crippen LogP contribution < -0.4 is 5.73 Å². The van der Waals surface area contributed by atoms with E-state index in [1.54, 1.807) is 30.3 Å². The number of carbonyl (C=O) groups is 1. The van der Waals surface area contributed by atoms with Crippen molar-refractivity contribution in [3.05, 3.63) is 58.9 Å². The van der Waals surface area contributed by atoms with Crippen molar-refractivity contribution in [1.82, 2.24) is 4.98 Å². The van der Waals surface area contributed by atoms with E-state index >= 15 is 0 Å². The molecule has 0 unspecified atom stereocenters. The van der Waals surface area contributed by atoms with E-state index in [-0.39, 0.29) is 5.82 Å². The molecule has 4 N–H and O–H groups in total. The molecule has 0 radical (unpaired) electrons. The van der Waals surface area contributed by atoms with E-state index in [1.165, 1.54) is 12.1 Å². The zero-order chi connectivity index (χ0) is 18.6. The van der Waals surface area contributed by atoms with Crippen LogP contribution in [0.15, 0.2) is 42.5 Å². The lowest BCUT2D eigenvalue weighted by molar-refractivity contribution is 0.208. The number of primary amides is 1. The molecule has 3 rings (SSSR count). The van der Waals surface area contributed by atoms with Crippen molar-refractivity contribution in [2.45, 2.75) is 13.8 Å². The van der Waals surface area contributed by atoms with Gasteiger partial charge < -0.3 is 15.5 Å². The molecular weight excluding hydrogens is 345 g/mol. The lowest BCUT2D eigenvalue weighted by atomic mass is 10.0. The molecule has 0 fully saturated rings. The van der Waals surface area contributed by atoms with Gasteiger partial charge in [0.15, 0.2) is 0 Å². The lowest BCUT2D eigenvalue weighted by Gasteiger charge is -2.06. The number of benzene rings is 2. The predicted molar refractivity (Wildman–Crippen MR) is 97.5 cm³/mol. The smallest absolute Gasteiger partial charge is 0.391 e. The number of fused-ring (bicyclic) bond motifs is 1. The second kappa shape index (κ2) is 7.81. The number of halogens is 2. The summed E-state index contributed by atoms with van der Waals surface area (Å²) in [6.07, 6.45) is -1.09. The predicted octanol–water partition coefficient (Wildman–Crippen LogP) is 5.07. The van der Waals surface area contributed by atoms with E-state index in [1.807, 2.05) is 13.8 Å². The summed E-state index contributed by atoms with van der Waals surface area (Å²) < 4.78 is 17.8. The number of amides is 1. The Morgan fingerprint density at radius 2 is 1.84 bits per heavy atom. The molecule has 1 heterocycles. The number of carbonyl (C=O) groups excluding carboxylic acids is 1. The zero-order valence-corrected chi connectivity index (χ0v) is 14.4. The second-order valence-corrected chi connectivity index (χ2v) is 5.26. The molecule has 0 saturated heterocycles. The van der Waals surface area contributed by atoms with Gasteiger partial charge in [-0.15, -0.1) is 0 Å². The Morgan fingerprint density at radius 1 is 1.20 bits per heavy atom. The average Bonchev–Trinajstić information content (AvgIpc) is 2.95. The number of ether oxygens (including phenoxy) is 1. The number of hydrogen-bond acceptors (Lipinski definition) is 3. The van der Waals surface area contributed by atoms with Gasteiger partial charge in [-0.05, 0) is 48.0 Å². The van der Waals surface area contributed by atoms with Gasteiger partial charge in [-0.25, -0.2) is 9.18 Å². The summed E-state index contributed by atoms with van der Waals surface area (Å²) >= 11 is 6.01. The minimum Gasteiger partial charge on any atom is -0.391 e. The van der Waals surface area contributed by atoms with Crippen molar-refractivity contribution in [3.8, 4) is 11.3 Å². The zero-order valence-electron chi connectivity index (χ0n) is 13.7. The molecule has 0 aliphatic rings. The first-order chi connectivity index (χ1) is 12.0. The van der Waals surface area contributed by atoms with Gasteiger partial charge in [0.2, 0.25) is 5.90 Å². The molecule has 0 spiro atoms. The number of hydrogen-bond donors (Lipinski definition) is 3. The van der Waals surface area contributed by atoms with Crippen LogP contribution in [0.4, 0.5) is 9.18 Å². The second-order valence-electron chi connectivity index (χ2n) is 4.82. The number of H-pyrrole nitrogens is 1. The Morgan fingerprint density at radius 3 is 2.44 bits per heavy atom. The van der Waals surface area contributed by atoms with Gasteiger partial charge in [-0.2, -0.15) is 0 Å². The van der Waals surface area contributed by atoms with Crippen LogP contribution in [-0.4, -0.2) is 17.0 Å². The third kappa shape index (κ3) is 3.97. The van der Waals surface area contributed by atoms with Crippen LogP contribution in [0.1, 0.15) is 19.4 Å². The van der Waals surface area contributed by atoms with E-state index in [4.69, 9.17) is 27.5 Å². The largest absolute Gasteiger partial charge is 0.411 e. The first kappa shape index (κ1) is 18.5. The molecule has 3 aromatic rings. The molecular formula is C18H17ClFN3O2. The molecule has 1 amide bonds. The number of aromatic nitrogens is 1. The molecule has 0 aliphatic carbocycles. The monoisotopic (exact) mass is 361 g/mol. The minimum absolute atomic E-state index is 0.327. The number of nitrogens with one attached hydrogen (secondary N) is 2. The van der Waals surface area contributed by atoms with Gasteiger partial charge in [0.1, 0.15) is 5.82 Å². The van der Waals surface area contributed by atoms with E-state index in [2.05, 4.69) is 4.98 Å². The summed E-state index contributed by atoms with van der Waals surface area (Å²) in [5.74, 6) is -0.789. The van der Waals surface area contributed by atoms with Crippen LogP contribution in [0.25, 0.3) is 22.2 Å². The third-order valence-corrected chi connectivity index (χ3v) is 3.56. The van der Waals surface area contributed by atoms with Crippen LogP contribution in [0.2, 0.25) is 5.02 Å². The highest BCUT2D eigenvalue weighted by molar-refractivity contribution is 6.31. The SMILES string of the molecule is CC.N=C(OC(N)=O)c1c(-c2ccc(F)cc2)[nH]c2ccc(Cl)cc12. The fraction of sp³-hybridized carbons (Fsp3) is 0.111. The third-order valence-electron chi connectivity index (χ3n) is 3.32. The highest BCUT2D eigenvalue weighted by Gasteiger charge is 2.20. The van der Waals surface area contributed by atoms with Crippen molar-refractivity contribution in [2.24, 2.45) is 5.73 Å². The first-order valence-electron chi connectivity index (χ1n) is 7.59. The molecule has 0 saturated carbocycles. The Kier molecular flexibility index (Phi) is 5.77. The molecule has 0 atom stereocenters. The molecule has 1 aromatic heterocycles. The number of nitrogens with two attached hydrogens (primary N) is 1. The van der Waals surface area contributed by atoms with Crippen LogP contribution >= 0.6 is 11.6 Å². The van der Waals surface area contributed by atoms with Crippen molar-refractivity contribution in [2.75, 3.05) is 0 Å². The molecule has 0 bridgehead atoms. The van der Waals surface area contributed by atoms with E-state index in [9.17, 15) is 9.18 Å². The van der Waals surface area contributed by atoms with Crippen molar-refractivity contribution in [1.29, 1.82) is 5.41 Å². The minimum atomic E-state index is -1.09. The van der Waals surface area contributed by atoms with Gasteiger partial charge in [0.25, 0.3) is 0 Å². The summed E-state index contributed by atoms with van der Waals surface area (Å²) in [6.45, 7) is 4.00. The molecule has 25 heavy (non-hydrogen) atoms. The van der Waals surface area contributed by atoms with Crippen molar-refractivity contribution >= 4 is 34.5 Å². The van der Waals surface area contributed by atoms with Crippen LogP contribution in [0.5, 0.6) is 0 Å². The molecule has 5 nitrogen and oxygen atoms in total. The Bertz CT molecular complexity index is 920. The summed E-state index contributed by atoms with van der Waals surface area (Å²) in [5.41, 5.74) is 7.16. The van der Waals surface area contributed by atoms with Gasteiger partial charge in [-0.3, -0.25) is 5.41 Å². The standard InChI is InChI=1S/C16H11ClFN3O2.C2H6/c17-9-3-6-12-11(7-9)13(15(19)23-16(20)22)14(21-12)8-1-4-10(18)5-2-8;1-2/h1-7,19,21H,(H2,20,22);1-2H3.